The number of ether oxygens (including phenoxy) is 1. The van der Waals surface area contributed by atoms with Crippen LogP contribution in [0.3, 0.4) is 0 Å². The average molecular weight is 329 g/mol. The minimum atomic E-state index is -0.233. The number of aromatic amines is 1. The van der Waals surface area contributed by atoms with Crippen molar-refractivity contribution in [3.63, 3.8) is 0 Å². The number of nitrogens with zero attached hydrogens (tertiary/aromatic N) is 2. The summed E-state index contributed by atoms with van der Waals surface area (Å²) in [6.07, 6.45) is 5.60. The summed E-state index contributed by atoms with van der Waals surface area (Å²) in [5.74, 6) is 0.833. The molecule has 1 aromatic carbocycles. The van der Waals surface area contributed by atoms with E-state index in [4.69, 9.17) is 4.74 Å². The number of urea groups is 1. The lowest BCUT2D eigenvalue weighted by molar-refractivity contribution is 0.227. The molecule has 0 unspecified atom stereocenters. The topological polar surface area (TPSA) is 82.3 Å². The van der Waals surface area contributed by atoms with Crippen LogP contribution in [0.15, 0.2) is 36.7 Å². The molecule has 2 heterocycles. The molecule has 1 aromatic heterocycles. The number of nitrogens with one attached hydrogen (secondary N) is 3. The number of rotatable bonds is 6. The van der Waals surface area contributed by atoms with E-state index in [1.165, 1.54) is 12.8 Å². The summed E-state index contributed by atoms with van der Waals surface area (Å²) in [5.41, 5.74) is 1.80. The number of amides is 2. The van der Waals surface area contributed by atoms with Crippen molar-refractivity contribution >= 4 is 11.7 Å². The van der Waals surface area contributed by atoms with Crippen LogP contribution in [-0.4, -0.2) is 47.9 Å². The Bertz CT molecular complexity index is 653. The zero-order valence-electron chi connectivity index (χ0n) is 13.8. The molecule has 0 aliphatic carbocycles. The quantitative estimate of drug-likeness (QED) is 0.760. The minimum absolute atomic E-state index is 0.137. The number of hydrogen-bond donors (Lipinski definition) is 3. The molecule has 128 valence electrons. The van der Waals surface area contributed by atoms with E-state index in [1.807, 2.05) is 18.2 Å². The van der Waals surface area contributed by atoms with Crippen LogP contribution in [0.2, 0.25) is 0 Å². The van der Waals surface area contributed by atoms with E-state index in [-0.39, 0.29) is 12.1 Å². The van der Waals surface area contributed by atoms with Crippen LogP contribution < -0.4 is 15.4 Å². The molecule has 1 aliphatic rings. The smallest absolute Gasteiger partial charge is 0.319 e. The number of benzene rings is 1. The van der Waals surface area contributed by atoms with E-state index in [0.29, 0.717) is 12.2 Å². The van der Waals surface area contributed by atoms with Crippen LogP contribution in [0.1, 0.15) is 24.4 Å². The maximum atomic E-state index is 12.1. The molecule has 1 aliphatic heterocycles. The molecule has 7 heteroatoms. The average Bonchev–Trinajstić information content (AvgIpc) is 3.29. The van der Waals surface area contributed by atoms with Crippen molar-refractivity contribution in [3.05, 3.63) is 42.2 Å². The molecule has 1 saturated heterocycles. The van der Waals surface area contributed by atoms with Gasteiger partial charge in [-0.3, -0.25) is 10.00 Å². The van der Waals surface area contributed by atoms with Gasteiger partial charge in [-0.2, -0.15) is 5.10 Å². The largest absolute Gasteiger partial charge is 0.497 e. The van der Waals surface area contributed by atoms with E-state index in [1.54, 1.807) is 19.5 Å². The molecular weight excluding hydrogens is 306 g/mol. The van der Waals surface area contributed by atoms with Gasteiger partial charge in [0.2, 0.25) is 0 Å². The van der Waals surface area contributed by atoms with Gasteiger partial charge < -0.3 is 15.4 Å². The third kappa shape index (κ3) is 4.05. The molecule has 2 aromatic rings. The second kappa shape index (κ2) is 7.83. The SMILES string of the molecule is COc1cccc([C@H](CNC(=O)Nc2cn[nH]c2)N2CCCC2)c1. The fraction of sp³-hybridized carbons (Fsp3) is 0.412. The molecule has 2 amide bonds. The molecule has 3 rings (SSSR count). The van der Waals surface area contributed by atoms with Crippen molar-refractivity contribution in [2.75, 3.05) is 32.1 Å². The van der Waals surface area contributed by atoms with Crippen LogP contribution in [0.25, 0.3) is 0 Å². The number of likely N-dealkylation sites (tertiary alicyclic amines) is 1. The Balaban J connectivity index is 1.66. The molecular formula is C17H23N5O2. The second-order valence-electron chi connectivity index (χ2n) is 5.86. The summed E-state index contributed by atoms with van der Waals surface area (Å²) in [5, 5.41) is 12.2. The Morgan fingerprint density at radius 2 is 2.25 bits per heavy atom. The number of carbonyl (C=O) groups is 1. The van der Waals surface area contributed by atoms with E-state index >= 15 is 0 Å². The Hall–Kier alpha value is -2.54. The first kappa shape index (κ1) is 16.3. The van der Waals surface area contributed by atoms with E-state index in [2.05, 4.69) is 31.8 Å². The summed E-state index contributed by atoms with van der Waals surface area (Å²) < 4.78 is 5.33. The second-order valence-corrected chi connectivity index (χ2v) is 5.86. The molecule has 0 radical (unpaired) electrons. The number of hydrogen-bond acceptors (Lipinski definition) is 4. The van der Waals surface area contributed by atoms with Gasteiger partial charge in [0.1, 0.15) is 5.75 Å². The van der Waals surface area contributed by atoms with E-state index in [9.17, 15) is 4.79 Å². The van der Waals surface area contributed by atoms with Crippen LogP contribution in [0.5, 0.6) is 5.75 Å². The number of anilines is 1. The highest BCUT2D eigenvalue weighted by Gasteiger charge is 2.24. The summed E-state index contributed by atoms with van der Waals surface area (Å²) >= 11 is 0. The van der Waals surface area contributed by atoms with Crippen LogP contribution in [-0.2, 0) is 0 Å². The van der Waals surface area contributed by atoms with Gasteiger partial charge in [0.25, 0.3) is 0 Å². The number of H-pyrrole nitrogens is 1. The molecule has 7 nitrogen and oxygen atoms in total. The summed E-state index contributed by atoms with van der Waals surface area (Å²) in [4.78, 5) is 14.5. The first-order valence-corrected chi connectivity index (χ1v) is 8.18. The highest BCUT2D eigenvalue weighted by molar-refractivity contribution is 5.88. The fourth-order valence-corrected chi connectivity index (χ4v) is 3.04. The normalized spacial score (nSPS) is 15.9. The number of carbonyl (C=O) groups excluding carboxylic acids is 1. The first-order chi connectivity index (χ1) is 11.8. The number of methoxy groups -OCH3 is 1. The summed E-state index contributed by atoms with van der Waals surface area (Å²) in [6, 6.07) is 7.95. The van der Waals surface area contributed by atoms with E-state index < -0.39 is 0 Å². The van der Waals surface area contributed by atoms with Gasteiger partial charge in [0.15, 0.2) is 0 Å². The zero-order valence-corrected chi connectivity index (χ0v) is 13.8. The first-order valence-electron chi connectivity index (χ1n) is 8.18. The van der Waals surface area contributed by atoms with Crippen molar-refractivity contribution in [3.8, 4) is 5.75 Å². The fourth-order valence-electron chi connectivity index (χ4n) is 3.04. The van der Waals surface area contributed by atoms with Gasteiger partial charge >= 0.3 is 6.03 Å². The molecule has 0 saturated carbocycles. The zero-order chi connectivity index (χ0) is 16.8. The van der Waals surface area contributed by atoms with Gasteiger partial charge in [-0.25, -0.2) is 4.79 Å². The lowest BCUT2D eigenvalue weighted by atomic mass is 10.1. The maximum Gasteiger partial charge on any atom is 0.319 e. The van der Waals surface area contributed by atoms with Crippen LogP contribution >= 0.6 is 0 Å². The van der Waals surface area contributed by atoms with E-state index in [0.717, 1.165) is 24.4 Å². The predicted octanol–water partition coefficient (Wildman–Crippen LogP) is 2.38. The predicted molar refractivity (Wildman–Crippen MR) is 92.2 cm³/mol. The molecule has 0 spiro atoms. The number of aromatic nitrogens is 2. The Morgan fingerprint density at radius 1 is 1.42 bits per heavy atom. The summed E-state index contributed by atoms with van der Waals surface area (Å²) in [7, 11) is 1.67. The van der Waals surface area contributed by atoms with Gasteiger partial charge in [0.05, 0.1) is 25.0 Å². The van der Waals surface area contributed by atoms with Crippen molar-refractivity contribution < 1.29 is 9.53 Å². The van der Waals surface area contributed by atoms with Crippen molar-refractivity contribution in [2.24, 2.45) is 0 Å². The van der Waals surface area contributed by atoms with Crippen molar-refractivity contribution in [1.29, 1.82) is 0 Å². The Morgan fingerprint density at radius 3 is 2.96 bits per heavy atom. The van der Waals surface area contributed by atoms with Gasteiger partial charge in [-0.1, -0.05) is 12.1 Å². The lowest BCUT2D eigenvalue weighted by Gasteiger charge is -2.28. The molecule has 1 atom stereocenters. The molecule has 24 heavy (non-hydrogen) atoms. The minimum Gasteiger partial charge on any atom is -0.497 e. The highest BCUT2D eigenvalue weighted by atomic mass is 16.5. The molecule has 0 bridgehead atoms. The van der Waals surface area contributed by atoms with Gasteiger partial charge in [0, 0.05) is 12.7 Å². The Kier molecular flexibility index (Phi) is 5.32. The van der Waals surface area contributed by atoms with Gasteiger partial charge in [-0.15, -0.1) is 0 Å². The van der Waals surface area contributed by atoms with Crippen LogP contribution in [0.4, 0.5) is 10.5 Å². The standard InChI is InChI=1S/C17H23N5O2/c1-24-15-6-4-5-13(9-15)16(22-7-2-3-8-22)12-18-17(23)21-14-10-19-20-11-14/h4-6,9-11,16H,2-3,7-8,12H2,1H3,(H,19,20)(H2,18,21,23)/t16-/m0/s1. The third-order valence-electron chi connectivity index (χ3n) is 4.27. The van der Waals surface area contributed by atoms with Crippen molar-refractivity contribution in [1.82, 2.24) is 20.4 Å². The summed E-state index contributed by atoms with van der Waals surface area (Å²) in [6.45, 7) is 2.64. The van der Waals surface area contributed by atoms with Gasteiger partial charge in [-0.05, 0) is 43.6 Å². The van der Waals surface area contributed by atoms with Crippen LogP contribution in [0, 0.1) is 0 Å². The maximum absolute atomic E-state index is 12.1. The third-order valence-corrected chi connectivity index (χ3v) is 4.27. The molecule has 3 N–H and O–H groups in total. The highest BCUT2D eigenvalue weighted by Crippen LogP contribution is 2.27. The molecule has 1 fully saturated rings. The van der Waals surface area contributed by atoms with Crippen molar-refractivity contribution in [2.45, 2.75) is 18.9 Å². The Labute approximate surface area is 141 Å². The lowest BCUT2D eigenvalue weighted by Crippen LogP contribution is -2.38. The monoisotopic (exact) mass is 329 g/mol.